The van der Waals surface area contributed by atoms with Crippen molar-refractivity contribution in [1.82, 2.24) is 4.90 Å². The van der Waals surface area contributed by atoms with Crippen molar-refractivity contribution in [3.63, 3.8) is 0 Å². The Balaban J connectivity index is 2.63. The Morgan fingerprint density at radius 3 is 3.08 bits per heavy atom. The van der Waals surface area contributed by atoms with E-state index in [-0.39, 0.29) is 18.1 Å². The lowest BCUT2D eigenvalue weighted by atomic mass is 10.1. The lowest BCUT2D eigenvalue weighted by Gasteiger charge is -2.27. The minimum Gasteiger partial charge on any atom is -0.391 e. The van der Waals surface area contributed by atoms with E-state index in [1.54, 1.807) is 4.90 Å². The van der Waals surface area contributed by atoms with Crippen LogP contribution in [0.1, 0.15) is 26.2 Å². The van der Waals surface area contributed by atoms with E-state index in [1.165, 1.54) is 6.08 Å². The molecule has 0 aromatic rings. The van der Waals surface area contributed by atoms with E-state index >= 15 is 0 Å². The maximum Gasteiger partial charge on any atom is 0.246 e. The zero-order valence-corrected chi connectivity index (χ0v) is 8.07. The van der Waals surface area contributed by atoms with Gasteiger partial charge in [-0.25, -0.2) is 0 Å². The summed E-state index contributed by atoms with van der Waals surface area (Å²) in [5.74, 6) is -0.0602. The van der Waals surface area contributed by atoms with Crippen molar-refractivity contribution in [3.8, 4) is 0 Å². The Morgan fingerprint density at radius 1 is 1.85 bits per heavy atom. The van der Waals surface area contributed by atoms with Crippen LogP contribution in [0.5, 0.6) is 0 Å². The normalized spacial score (nSPS) is 24.5. The largest absolute Gasteiger partial charge is 0.391 e. The highest BCUT2D eigenvalue weighted by atomic mass is 16.3. The van der Waals surface area contributed by atoms with Gasteiger partial charge in [-0.05, 0) is 25.3 Å². The molecule has 0 aliphatic carbocycles. The Labute approximate surface area is 79.0 Å². The molecule has 1 aliphatic rings. The zero-order valence-electron chi connectivity index (χ0n) is 8.07. The van der Waals surface area contributed by atoms with Gasteiger partial charge >= 0.3 is 0 Å². The lowest BCUT2D eigenvalue weighted by Crippen LogP contribution is -2.41. The van der Waals surface area contributed by atoms with Crippen LogP contribution in [0.3, 0.4) is 0 Å². The van der Waals surface area contributed by atoms with Gasteiger partial charge in [0.15, 0.2) is 0 Å². The van der Waals surface area contributed by atoms with Crippen LogP contribution in [0.4, 0.5) is 0 Å². The Bertz CT molecular complexity index is 203. The van der Waals surface area contributed by atoms with Gasteiger partial charge in [0, 0.05) is 6.54 Å². The van der Waals surface area contributed by atoms with Crippen molar-refractivity contribution in [3.05, 3.63) is 12.7 Å². The first-order valence-corrected chi connectivity index (χ1v) is 4.81. The lowest BCUT2D eigenvalue weighted by molar-refractivity contribution is -0.128. The molecule has 1 fully saturated rings. The minimum atomic E-state index is -0.383. The molecule has 13 heavy (non-hydrogen) atoms. The van der Waals surface area contributed by atoms with Crippen molar-refractivity contribution in [2.75, 3.05) is 6.54 Å². The van der Waals surface area contributed by atoms with Crippen molar-refractivity contribution in [2.24, 2.45) is 0 Å². The highest BCUT2D eigenvalue weighted by Crippen LogP contribution is 2.21. The molecule has 0 bridgehead atoms. The van der Waals surface area contributed by atoms with E-state index in [4.69, 9.17) is 0 Å². The monoisotopic (exact) mass is 183 g/mol. The van der Waals surface area contributed by atoms with Crippen molar-refractivity contribution in [2.45, 2.75) is 38.3 Å². The molecule has 0 radical (unpaired) electrons. The summed E-state index contributed by atoms with van der Waals surface area (Å²) in [5, 5.41) is 9.64. The van der Waals surface area contributed by atoms with Crippen LogP contribution in [0, 0.1) is 0 Å². The van der Waals surface area contributed by atoms with E-state index < -0.39 is 0 Å². The van der Waals surface area contributed by atoms with E-state index in [9.17, 15) is 9.90 Å². The van der Waals surface area contributed by atoms with Crippen molar-refractivity contribution >= 4 is 5.91 Å². The molecule has 0 saturated carbocycles. The summed E-state index contributed by atoms with van der Waals surface area (Å²) < 4.78 is 0. The second kappa shape index (κ2) is 4.42. The smallest absolute Gasteiger partial charge is 0.246 e. The molecule has 1 aliphatic heterocycles. The summed E-state index contributed by atoms with van der Waals surface area (Å²) in [7, 11) is 0. The molecule has 3 nitrogen and oxygen atoms in total. The zero-order chi connectivity index (χ0) is 9.84. The van der Waals surface area contributed by atoms with E-state index in [0.29, 0.717) is 6.42 Å². The van der Waals surface area contributed by atoms with E-state index in [1.807, 2.05) is 6.92 Å². The number of hydrogen-bond acceptors (Lipinski definition) is 2. The van der Waals surface area contributed by atoms with Gasteiger partial charge in [0.05, 0.1) is 12.1 Å². The van der Waals surface area contributed by atoms with Crippen LogP contribution in [0.15, 0.2) is 12.7 Å². The van der Waals surface area contributed by atoms with Crippen molar-refractivity contribution < 1.29 is 9.90 Å². The topological polar surface area (TPSA) is 40.5 Å². The first-order valence-electron chi connectivity index (χ1n) is 4.81. The average Bonchev–Trinajstić information content (AvgIpc) is 2.63. The van der Waals surface area contributed by atoms with Crippen LogP contribution in [-0.2, 0) is 4.79 Å². The molecular formula is C10H17NO2. The third kappa shape index (κ3) is 2.10. The number of likely N-dealkylation sites (tertiary alicyclic amines) is 1. The molecule has 0 aromatic heterocycles. The highest BCUT2D eigenvalue weighted by molar-refractivity contribution is 5.87. The van der Waals surface area contributed by atoms with Crippen LogP contribution in [0.25, 0.3) is 0 Å². The molecule has 1 saturated heterocycles. The van der Waals surface area contributed by atoms with Gasteiger partial charge in [-0.2, -0.15) is 0 Å². The van der Waals surface area contributed by atoms with Gasteiger partial charge < -0.3 is 10.0 Å². The molecule has 1 N–H and O–H groups in total. The average molecular weight is 183 g/mol. The highest BCUT2D eigenvalue weighted by Gasteiger charge is 2.31. The predicted octanol–water partition coefficient (Wildman–Crippen LogP) is 0.934. The van der Waals surface area contributed by atoms with E-state index in [0.717, 1.165) is 19.4 Å². The summed E-state index contributed by atoms with van der Waals surface area (Å²) >= 11 is 0. The molecule has 1 rings (SSSR count). The SMILES string of the molecule is C=CC(=O)N1CCC[C@@H]1C(O)CC. The van der Waals surface area contributed by atoms with E-state index in [2.05, 4.69) is 6.58 Å². The summed E-state index contributed by atoms with van der Waals surface area (Å²) in [4.78, 5) is 13.1. The fourth-order valence-corrected chi connectivity index (χ4v) is 1.86. The predicted molar refractivity (Wildman–Crippen MR) is 51.2 cm³/mol. The van der Waals surface area contributed by atoms with Gasteiger partial charge in [-0.3, -0.25) is 4.79 Å². The summed E-state index contributed by atoms with van der Waals surface area (Å²) in [6, 6.07) is 0.00972. The number of aliphatic hydroxyl groups is 1. The molecule has 74 valence electrons. The molecule has 3 heteroatoms. The van der Waals surface area contributed by atoms with Gasteiger partial charge in [-0.1, -0.05) is 13.5 Å². The van der Waals surface area contributed by atoms with Crippen LogP contribution < -0.4 is 0 Å². The Hall–Kier alpha value is -0.830. The van der Waals surface area contributed by atoms with Crippen LogP contribution in [-0.4, -0.2) is 34.6 Å². The summed E-state index contributed by atoms with van der Waals surface area (Å²) in [6.07, 6.45) is 3.54. The molecule has 1 amide bonds. The third-order valence-electron chi connectivity index (χ3n) is 2.62. The standard InChI is InChI=1S/C10H17NO2/c1-3-9(12)8-6-5-7-11(8)10(13)4-2/h4,8-9,12H,2-3,5-7H2,1H3/t8-,9?/m1/s1. The summed E-state index contributed by atoms with van der Waals surface area (Å²) in [6.45, 7) is 6.14. The molecular weight excluding hydrogens is 166 g/mol. The number of nitrogens with zero attached hydrogens (tertiary/aromatic N) is 1. The number of carbonyl (C=O) groups is 1. The second-order valence-electron chi connectivity index (χ2n) is 3.42. The van der Waals surface area contributed by atoms with Gasteiger partial charge in [0.2, 0.25) is 5.91 Å². The maximum atomic E-state index is 11.3. The van der Waals surface area contributed by atoms with Gasteiger partial charge in [0.25, 0.3) is 0 Å². The maximum absolute atomic E-state index is 11.3. The Morgan fingerprint density at radius 2 is 2.54 bits per heavy atom. The molecule has 0 aromatic carbocycles. The number of carbonyl (C=O) groups excluding carboxylic acids is 1. The minimum absolute atomic E-state index is 0.00972. The van der Waals surface area contributed by atoms with Crippen LogP contribution >= 0.6 is 0 Å². The first-order chi connectivity index (χ1) is 6.20. The van der Waals surface area contributed by atoms with Gasteiger partial charge in [-0.15, -0.1) is 0 Å². The number of amides is 1. The van der Waals surface area contributed by atoms with Crippen molar-refractivity contribution in [1.29, 1.82) is 0 Å². The number of rotatable bonds is 3. The molecule has 2 atom stereocenters. The fourth-order valence-electron chi connectivity index (χ4n) is 1.86. The molecule has 1 heterocycles. The van der Waals surface area contributed by atoms with Gasteiger partial charge in [0.1, 0.15) is 0 Å². The number of hydrogen-bond donors (Lipinski definition) is 1. The summed E-state index contributed by atoms with van der Waals surface area (Å²) in [5.41, 5.74) is 0. The molecule has 1 unspecified atom stereocenters. The first kappa shape index (κ1) is 10.3. The third-order valence-corrected chi connectivity index (χ3v) is 2.62. The molecule has 0 spiro atoms. The number of aliphatic hydroxyl groups excluding tert-OH is 1. The quantitative estimate of drug-likeness (QED) is 0.661. The van der Waals surface area contributed by atoms with Crippen LogP contribution in [0.2, 0.25) is 0 Å². The fraction of sp³-hybridized carbons (Fsp3) is 0.700. The second-order valence-corrected chi connectivity index (χ2v) is 3.42. The Kier molecular flexibility index (Phi) is 3.48.